The predicted octanol–water partition coefficient (Wildman–Crippen LogP) is 7.05. The Labute approximate surface area is 225 Å². The highest BCUT2D eigenvalue weighted by molar-refractivity contribution is 6.30. The number of aromatic nitrogens is 1. The lowest BCUT2D eigenvalue weighted by atomic mass is 9.84. The van der Waals surface area contributed by atoms with Crippen LogP contribution < -0.4 is 4.74 Å². The topological polar surface area (TPSA) is 81.0 Å². The number of rotatable bonds is 8. The van der Waals surface area contributed by atoms with Gasteiger partial charge in [0, 0.05) is 34.8 Å². The molecule has 0 saturated carbocycles. The molecule has 0 radical (unpaired) electrons. The molecule has 0 saturated heterocycles. The molecule has 6 nitrogen and oxygen atoms in total. The lowest BCUT2D eigenvalue weighted by Crippen LogP contribution is -2.12. The SMILES string of the molecule is COC(=O)c1ccc(-c2ccc(C(C/C(=N\O)c3ccnc(C)c3)c3ccc(Cl)cc3F)cc2)cc1OC. The van der Waals surface area contributed by atoms with E-state index in [1.807, 2.05) is 43.3 Å². The Morgan fingerprint density at radius 2 is 1.76 bits per heavy atom. The van der Waals surface area contributed by atoms with E-state index in [0.29, 0.717) is 33.2 Å². The molecule has 4 rings (SSSR count). The number of carbonyl (C=O) groups is 1. The third-order valence-electron chi connectivity index (χ3n) is 6.34. The number of oxime groups is 1. The molecule has 1 heterocycles. The fourth-order valence-electron chi connectivity index (χ4n) is 4.38. The van der Waals surface area contributed by atoms with Gasteiger partial charge in [-0.25, -0.2) is 9.18 Å². The van der Waals surface area contributed by atoms with Gasteiger partial charge >= 0.3 is 5.97 Å². The lowest BCUT2D eigenvalue weighted by Gasteiger charge is -2.20. The van der Waals surface area contributed by atoms with Crippen molar-refractivity contribution in [3.63, 3.8) is 0 Å². The molecule has 0 bridgehead atoms. The summed E-state index contributed by atoms with van der Waals surface area (Å²) in [4.78, 5) is 16.2. The molecule has 3 aromatic carbocycles. The van der Waals surface area contributed by atoms with Gasteiger partial charge in [-0.3, -0.25) is 4.98 Å². The molecular weight excluding hydrogens is 507 g/mol. The average Bonchev–Trinajstić information content (AvgIpc) is 2.93. The summed E-state index contributed by atoms with van der Waals surface area (Å²) in [6, 6.07) is 21.0. The maximum atomic E-state index is 15.1. The lowest BCUT2D eigenvalue weighted by molar-refractivity contribution is 0.0597. The van der Waals surface area contributed by atoms with Crippen LogP contribution in [0.3, 0.4) is 0 Å². The highest BCUT2D eigenvalue weighted by Gasteiger charge is 2.22. The number of nitrogens with zero attached hydrogens (tertiary/aromatic N) is 2. The van der Waals surface area contributed by atoms with E-state index in [0.717, 1.165) is 22.4 Å². The molecule has 38 heavy (non-hydrogen) atoms. The quantitative estimate of drug-likeness (QED) is 0.114. The number of ether oxygens (including phenoxy) is 2. The van der Waals surface area contributed by atoms with Crippen LogP contribution in [0.4, 0.5) is 4.39 Å². The van der Waals surface area contributed by atoms with Gasteiger partial charge in [0.05, 0.1) is 19.9 Å². The molecule has 4 aromatic rings. The van der Waals surface area contributed by atoms with Crippen LogP contribution in [-0.2, 0) is 4.74 Å². The zero-order valence-electron chi connectivity index (χ0n) is 21.1. The fourth-order valence-corrected chi connectivity index (χ4v) is 4.54. The molecule has 1 N–H and O–H groups in total. The summed E-state index contributed by atoms with van der Waals surface area (Å²) in [6.45, 7) is 1.85. The van der Waals surface area contributed by atoms with Crippen LogP contribution in [0.2, 0.25) is 5.02 Å². The number of halogens is 2. The third kappa shape index (κ3) is 5.84. The van der Waals surface area contributed by atoms with Gasteiger partial charge in [-0.2, -0.15) is 0 Å². The van der Waals surface area contributed by atoms with Crippen molar-refractivity contribution in [2.75, 3.05) is 14.2 Å². The Morgan fingerprint density at radius 3 is 2.39 bits per heavy atom. The maximum Gasteiger partial charge on any atom is 0.341 e. The van der Waals surface area contributed by atoms with E-state index in [4.69, 9.17) is 21.1 Å². The molecule has 1 aromatic heterocycles. The second-order valence-corrected chi connectivity index (χ2v) is 9.12. The second-order valence-electron chi connectivity index (χ2n) is 8.68. The van der Waals surface area contributed by atoms with Crippen LogP contribution in [-0.4, -0.2) is 36.1 Å². The summed E-state index contributed by atoms with van der Waals surface area (Å²) in [5.41, 5.74) is 5.17. The van der Waals surface area contributed by atoms with Crippen molar-refractivity contribution >= 4 is 23.3 Å². The van der Waals surface area contributed by atoms with Gasteiger partial charge in [0.2, 0.25) is 0 Å². The fraction of sp³-hybridized carbons (Fsp3) is 0.167. The average molecular weight is 533 g/mol. The van der Waals surface area contributed by atoms with Crippen molar-refractivity contribution in [1.29, 1.82) is 0 Å². The van der Waals surface area contributed by atoms with E-state index in [1.165, 1.54) is 20.3 Å². The second kappa shape index (κ2) is 11.9. The standard InChI is InChI=1S/C30H26ClFN2O4/c1-18-14-22(12-13-33-18)28(34-36)17-26(24-11-9-23(31)16-27(24)32)20-6-4-19(5-7-20)21-8-10-25(30(35)38-3)29(15-21)37-2/h4-16,26,36H,17H2,1-3H3/b34-28+. The molecule has 0 fully saturated rings. The molecule has 194 valence electrons. The van der Waals surface area contributed by atoms with Gasteiger partial charge in [-0.15, -0.1) is 0 Å². The molecule has 0 aliphatic rings. The Morgan fingerprint density at radius 1 is 1.03 bits per heavy atom. The molecular formula is C30H26ClFN2O4. The molecule has 0 aliphatic carbocycles. The number of benzene rings is 3. The summed E-state index contributed by atoms with van der Waals surface area (Å²) in [6.07, 6.45) is 1.88. The van der Waals surface area contributed by atoms with Crippen molar-refractivity contribution in [3.05, 3.63) is 118 Å². The number of pyridine rings is 1. The smallest absolute Gasteiger partial charge is 0.341 e. The first-order valence-corrected chi connectivity index (χ1v) is 12.2. The van der Waals surface area contributed by atoms with E-state index in [1.54, 1.807) is 36.5 Å². The molecule has 1 atom stereocenters. The molecule has 1 unspecified atom stereocenters. The van der Waals surface area contributed by atoms with Crippen LogP contribution in [0.1, 0.15) is 45.1 Å². The first kappa shape index (κ1) is 26.8. The van der Waals surface area contributed by atoms with Crippen molar-refractivity contribution in [2.45, 2.75) is 19.3 Å². The molecule has 8 heteroatoms. The Kier molecular flexibility index (Phi) is 8.38. The van der Waals surface area contributed by atoms with Crippen molar-refractivity contribution < 1.29 is 23.9 Å². The van der Waals surface area contributed by atoms with Crippen LogP contribution >= 0.6 is 11.6 Å². The van der Waals surface area contributed by atoms with Crippen molar-refractivity contribution in [2.24, 2.45) is 5.16 Å². The third-order valence-corrected chi connectivity index (χ3v) is 6.57. The van der Waals surface area contributed by atoms with Gasteiger partial charge in [-0.05, 0) is 65.6 Å². The maximum absolute atomic E-state index is 15.1. The summed E-state index contributed by atoms with van der Waals surface area (Å²) >= 11 is 6.02. The first-order valence-electron chi connectivity index (χ1n) is 11.8. The number of carbonyl (C=O) groups excluding carboxylic acids is 1. The van der Waals surface area contributed by atoms with Gasteiger partial charge in [-0.1, -0.05) is 53.2 Å². The Balaban J connectivity index is 1.72. The van der Waals surface area contributed by atoms with Gasteiger partial charge < -0.3 is 14.7 Å². The van der Waals surface area contributed by atoms with Crippen LogP contribution in [0.25, 0.3) is 11.1 Å². The van der Waals surface area contributed by atoms with Crippen LogP contribution in [0.5, 0.6) is 5.75 Å². The number of esters is 1. The van der Waals surface area contributed by atoms with E-state index in [-0.39, 0.29) is 6.42 Å². The number of hydrogen-bond donors (Lipinski definition) is 1. The summed E-state index contributed by atoms with van der Waals surface area (Å²) < 4.78 is 25.3. The van der Waals surface area contributed by atoms with Crippen molar-refractivity contribution in [1.82, 2.24) is 4.98 Å². The largest absolute Gasteiger partial charge is 0.496 e. The highest BCUT2D eigenvalue weighted by Crippen LogP contribution is 2.35. The summed E-state index contributed by atoms with van der Waals surface area (Å²) in [7, 11) is 2.81. The summed E-state index contributed by atoms with van der Waals surface area (Å²) in [5, 5.41) is 13.7. The molecule has 0 spiro atoms. The zero-order valence-corrected chi connectivity index (χ0v) is 21.9. The number of methoxy groups -OCH3 is 2. The number of aryl methyl sites for hydroxylation is 1. The normalized spacial score (nSPS) is 12.2. The van der Waals surface area contributed by atoms with Gasteiger partial charge in [0.1, 0.15) is 17.1 Å². The van der Waals surface area contributed by atoms with Crippen molar-refractivity contribution in [3.8, 4) is 16.9 Å². The van der Waals surface area contributed by atoms with E-state index < -0.39 is 17.7 Å². The highest BCUT2D eigenvalue weighted by atomic mass is 35.5. The summed E-state index contributed by atoms with van der Waals surface area (Å²) in [5.74, 6) is -0.992. The predicted molar refractivity (Wildman–Crippen MR) is 145 cm³/mol. The molecule has 0 amide bonds. The Bertz CT molecular complexity index is 1490. The monoisotopic (exact) mass is 532 g/mol. The van der Waals surface area contributed by atoms with Gasteiger partial charge in [0.25, 0.3) is 0 Å². The van der Waals surface area contributed by atoms with E-state index in [9.17, 15) is 10.0 Å². The van der Waals surface area contributed by atoms with E-state index >= 15 is 4.39 Å². The number of hydrogen-bond acceptors (Lipinski definition) is 6. The Hall–Kier alpha value is -4.23. The minimum absolute atomic E-state index is 0.236. The first-order chi connectivity index (χ1) is 18.3. The van der Waals surface area contributed by atoms with Crippen LogP contribution in [0.15, 0.2) is 84.1 Å². The van der Waals surface area contributed by atoms with Gasteiger partial charge in [0.15, 0.2) is 0 Å². The van der Waals surface area contributed by atoms with Crippen LogP contribution in [0, 0.1) is 12.7 Å². The minimum atomic E-state index is -0.484. The minimum Gasteiger partial charge on any atom is -0.496 e. The zero-order chi connectivity index (χ0) is 27.2. The van der Waals surface area contributed by atoms with E-state index in [2.05, 4.69) is 10.1 Å². The molecule has 0 aliphatic heterocycles.